The first-order chi connectivity index (χ1) is 11.6. The highest BCUT2D eigenvalue weighted by molar-refractivity contribution is 9.10. The molecular weight excluding hydrogens is 411 g/mol. The van der Waals surface area contributed by atoms with Crippen LogP contribution < -0.4 is 5.32 Å². The van der Waals surface area contributed by atoms with Crippen molar-refractivity contribution >= 4 is 50.8 Å². The van der Waals surface area contributed by atoms with Gasteiger partial charge in [0.15, 0.2) is 0 Å². The summed E-state index contributed by atoms with van der Waals surface area (Å²) in [5, 5.41) is 8.67. The number of hydrogen-bond acceptors (Lipinski definition) is 3. The molecule has 0 fully saturated rings. The summed E-state index contributed by atoms with van der Waals surface area (Å²) < 4.78 is 2.82. The molecule has 1 atom stereocenters. The zero-order valence-corrected chi connectivity index (χ0v) is 15.3. The lowest BCUT2D eigenvalue weighted by Crippen LogP contribution is -2.20. The van der Waals surface area contributed by atoms with Crippen molar-refractivity contribution in [2.24, 2.45) is 0 Å². The van der Waals surface area contributed by atoms with E-state index in [0.29, 0.717) is 16.0 Å². The molecule has 1 aliphatic heterocycles. The van der Waals surface area contributed by atoms with Crippen LogP contribution >= 0.6 is 39.1 Å². The Morgan fingerprint density at radius 2 is 1.88 bits per heavy atom. The zero-order chi connectivity index (χ0) is 16.7. The van der Waals surface area contributed by atoms with Gasteiger partial charge in [0.1, 0.15) is 12.4 Å². The van der Waals surface area contributed by atoms with Crippen LogP contribution in [0.3, 0.4) is 0 Å². The van der Waals surface area contributed by atoms with Crippen molar-refractivity contribution in [3.05, 3.63) is 80.5 Å². The Kier molecular flexibility index (Phi) is 4.08. The van der Waals surface area contributed by atoms with Gasteiger partial charge in [-0.3, -0.25) is 0 Å². The minimum atomic E-state index is -0.186. The summed E-state index contributed by atoms with van der Waals surface area (Å²) in [5.74, 6) is 0.663. The van der Waals surface area contributed by atoms with Crippen molar-refractivity contribution in [3.8, 4) is 0 Å². The molecule has 0 amide bonds. The number of fused-ring (bicyclic) bond motifs is 1. The van der Waals surface area contributed by atoms with Crippen molar-refractivity contribution in [3.63, 3.8) is 0 Å². The van der Waals surface area contributed by atoms with Gasteiger partial charge in [-0.05, 0) is 29.8 Å². The highest BCUT2D eigenvalue weighted by Gasteiger charge is 2.25. The van der Waals surface area contributed by atoms with E-state index in [4.69, 9.17) is 23.2 Å². The van der Waals surface area contributed by atoms with Crippen molar-refractivity contribution in [2.45, 2.75) is 6.04 Å². The van der Waals surface area contributed by atoms with Crippen molar-refractivity contribution < 1.29 is 0 Å². The fourth-order valence-electron chi connectivity index (χ4n) is 2.70. The van der Waals surface area contributed by atoms with Crippen molar-refractivity contribution in [1.82, 2.24) is 14.8 Å². The molecule has 4 nitrogen and oxygen atoms in total. The Labute approximate surface area is 157 Å². The molecule has 1 unspecified atom stereocenters. The minimum Gasteiger partial charge on any atom is -0.324 e. The first-order valence-electron chi connectivity index (χ1n) is 7.21. The van der Waals surface area contributed by atoms with E-state index in [1.807, 2.05) is 36.4 Å². The summed E-state index contributed by atoms with van der Waals surface area (Å²) in [7, 11) is 0. The number of nitrogens with zero attached hydrogens (tertiary/aromatic N) is 3. The summed E-state index contributed by atoms with van der Waals surface area (Å²) in [6, 6.07) is 13.5. The van der Waals surface area contributed by atoms with Gasteiger partial charge < -0.3 is 5.32 Å². The van der Waals surface area contributed by atoms with Crippen LogP contribution in [-0.4, -0.2) is 14.8 Å². The molecule has 24 heavy (non-hydrogen) atoms. The van der Waals surface area contributed by atoms with Crippen LogP contribution in [0.1, 0.15) is 17.2 Å². The van der Waals surface area contributed by atoms with Crippen LogP contribution in [0.4, 0.5) is 5.95 Å². The number of halogens is 3. The van der Waals surface area contributed by atoms with E-state index in [1.54, 1.807) is 10.7 Å². The second kappa shape index (κ2) is 6.24. The standard InChI is InChI=1S/C17H11BrCl2N4/c18-11-6-4-10(5-7-11)14-8-15(24-17(23-14)21-9-22-24)12-2-1-3-13(19)16(12)20/h1-9,15H,(H,21,22,23). The fraction of sp³-hybridized carbons (Fsp3) is 0.0588. The molecule has 2 aromatic carbocycles. The van der Waals surface area contributed by atoms with Crippen LogP contribution in [0.5, 0.6) is 0 Å². The maximum Gasteiger partial charge on any atom is 0.226 e. The van der Waals surface area contributed by atoms with Gasteiger partial charge in [0.05, 0.1) is 10.0 Å². The quantitative estimate of drug-likeness (QED) is 0.602. The third kappa shape index (κ3) is 2.73. The van der Waals surface area contributed by atoms with Crippen molar-refractivity contribution in [1.29, 1.82) is 0 Å². The SMILES string of the molecule is Clc1cccc(C2C=C(c3ccc(Br)cc3)Nc3ncnn32)c1Cl. The Morgan fingerprint density at radius 3 is 2.67 bits per heavy atom. The third-order valence-corrected chi connectivity index (χ3v) is 5.23. The van der Waals surface area contributed by atoms with Crippen LogP contribution in [-0.2, 0) is 0 Å². The summed E-state index contributed by atoms with van der Waals surface area (Å²) in [4.78, 5) is 4.29. The molecule has 2 heterocycles. The Morgan fingerprint density at radius 1 is 1.08 bits per heavy atom. The van der Waals surface area contributed by atoms with Gasteiger partial charge in [-0.1, -0.05) is 63.4 Å². The minimum absolute atomic E-state index is 0.186. The Bertz CT molecular complexity index is 934. The highest BCUT2D eigenvalue weighted by atomic mass is 79.9. The lowest BCUT2D eigenvalue weighted by Gasteiger charge is -2.25. The monoisotopic (exact) mass is 420 g/mol. The predicted octanol–water partition coefficient (Wildman–Crippen LogP) is 5.40. The topological polar surface area (TPSA) is 42.7 Å². The van der Waals surface area contributed by atoms with E-state index >= 15 is 0 Å². The molecular formula is C17H11BrCl2N4. The molecule has 0 radical (unpaired) electrons. The Hall–Kier alpha value is -1.82. The number of benzene rings is 2. The number of anilines is 1. The second-order valence-electron chi connectivity index (χ2n) is 5.33. The molecule has 0 bridgehead atoms. The van der Waals surface area contributed by atoms with Gasteiger partial charge in [-0.25, -0.2) is 4.68 Å². The molecule has 0 saturated carbocycles. The number of nitrogens with one attached hydrogen (secondary N) is 1. The average molecular weight is 422 g/mol. The Balaban J connectivity index is 1.85. The van der Waals surface area contributed by atoms with Gasteiger partial charge in [0, 0.05) is 15.7 Å². The molecule has 120 valence electrons. The largest absolute Gasteiger partial charge is 0.324 e. The molecule has 7 heteroatoms. The maximum atomic E-state index is 6.43. The molecule has 3 aromatic rings. The number of aromatic nitrogens is 3. The van der Waals surface area contributed by atoms with Crippen LogP contribution in [0.15, 0.2) is 59.3 Å². The van der Waals surface area contributed by atoms with E-state index in [-0.39, 0.29) is 6.04 Å². The maximum absolute atomic E-state index is 6.43. The van der Waals surface area contributed by atoms with E-state index < -0.39 is 0 Å². The van der Waals surface area contributed by atoms with E-state index in [2.05, 4.69) is 37.4 Å². The van der Waals surface area contributed by atoms with Crippen LogP contribution in [0.25, 0.3) is 5.70 Å². The molecule has 0 spiro atoms. The fourth-order valence-corrected chi connectivity index (χ4v) is 3.39. The summed E-state index contributed by atoms with van der Waals surface area (Å²) in [6.45, 7) is 0. The van der Waals surface area contributed by atoms with Crippen LogP contribution in [0.2, 0.25) is 10.0 Å². The summed E-state index contributed by atoms with van der Waals surface area (Å²) in [5.41, 5.74) is 2.88. The highest BCUT2D eigenvalue weighted by Crippen LogP contribution is 2.37. The van der Waals surface area contributed by atoms with Crippen molar-refractivity contribution in [2.75, 3.05) is 5.32 Å². The smallest absolute Gasteiger partial charge is 0.226 e. The van der Waals surface area contributed by atoms with Gasteiger partial charge in [-0.15, -0.1) is 0 Å². The summed E-state index contributed by atoms with van der Waals surface area (Å²) >= 11 is 16.1. The molecule has 1 aromatic heterocycles. The zero-order valence-electron chi connectivity index (χ0n) is 12.2. The first-order valence-corrected chi connectivity index (χ1v) is 8.76. The van der Waals surface area contributed by atoms with Gasteiger partial charge in [-0.2, -0.15) is 10.1 Å². The molecule has 0 saturated heterocycles. The molecule has 1 N–H and O–H groups in total. The van der Waals surface area contributed by atoms with Gasteiger partial charge in [0.25, 0.3) is 0 Å². The molecule has 0 aliphatic carbocycles. The van der Waals surface area contributed by atoms with E-state index in [1.165, 1.54) is 6.33 Å². The number of rotatable bonds is 2. The van der Waals surface area contributed by atoms with Gasteiger partial charge in [0.2, 0.25) is 5.95 Å². The van der Waals surface area contributed by atoms with E-state index in [0.717, 1.165) is 21.3 Å². The van der Waals surface area contributed by atoms with E-state index in [9.17, 15) is 0 Å². The van der Waals surface area contributed by atoms with Crippen LogP contribution in [0, 0.1) is 0 Å². The van der Waals surface area contributed by atoms with Gasteiger partial charge >= 0.3 is 0 Å². The number of allylic oxidation sites excluding steroid dienone is 1. The molecule has 1 aliphatic rings. The molecule has 4 rings (SSSR count). The third-order valence-electron chi connectivity index (χ3n) is 3.86. The average Bonchev–Trinajstić information content (AvgIpc) is 3.06. The lowest BCUT2D eigenvalue weighted by molar-refractivity contribution is 0.612. The lowest BCUT2D eigenvalue weighted by atomic mass is 10.0. The second-order valence-corrected chi connectivity index (χ2v) is 7.03. The first kappa shape index (κ1) is 15.7. The number of hydrogen-bond donors (Lipinski definition) is 1. The predicted molar refractivity (Wildman–Crippen MR) is 100 cm³/mol. The summed E-state index contributed by atoms with van der Waals surface area (Å²) in [6.07, 6.45) is 3.59. The normalized spacial score (nSPS) is 16.3.